The van der Waals surface area contributed by atoms with Crippen LogP contribution in [0, 0.1) is 13.8 Å². The van der Waals surface area contributed by atoms with Gasteiger partial charge in [-0.15, -0.1) is 0 Å². The Labute approximate surface area is 130 Å². The first-order valence-electron chi connectivity index (χ1n) is 7.56. The smallest absolute Gasteiger partial charge is 0.253 e. The summed E-state index contributed by atoms with van der Waals surface area (Å²) in [6.45, 7) is 5.46. The Morgan fingerprint density at radius 3 is 2.68 bits per heavy atom. The van der Waals surface area contributed by atoms with Gasteiger partial charge < -0.3 is 9.64 Å². The van der Waals surface area contributed by atoms with Crippen molar-refractivity contribution in [3.63, 3.8) is 0 Å². The molecular weight excluding hydrogens is 276 g/mol. The van der Waals surface area contributed by atoms with Crippen LogP contribution in [0.4, 0.5) is 0 Å². The summed E-state index contributed by atoms with van der Waals surface area (Å²) in [5.74, 6) is 0.893. The standard InChI is InChI=1S/C18H20N2O2/c1-13-3-4-15(11-14(13)2)18(21)20-10-7-17(12-20)22-16-5-8-19-9-6-16/h3-6,8-9,11,17H,7,10,12H2,1-2H3. The number of pyridine rings is 1. The molecule has 3 rings (SSSR count). The van der Waals surface area contributed by atoms with Crippen LogP contribution < -0.4 is 4.74 Å². The minimum absolute atomic E-state index is 0.0536. The zero-order valence-corrected chi connectivity index (χ0v) is 13.0. The highest BCUT2D eigenvalue weighted by Gasteiger charge is 2.28. The number of benzene rings is 1. The Morgan fingerprint density at radius 2 is 1.95 bits per heavy atom. The SMILES string of the molecule is Cc1ccc(C(=O)N2CCC(Oc3ccncc3)C2)cc1C. The van der Waals surface area contributed by atoms with Crippen LogP contribution >= 0.6 is 0 Å². The fourth-order valence-electron chi connectivity index (χ4n) is 2.68. The van der Waals surface area contributed by atoms with E-state index >= 15 is 0 Å². The molecule has 1 aliphatic heterocycles. The average Bonchev–Trinajstić information content (AvgIpc) is 2.99. The number of aryl methyl sites for hydroxylation is 2. The average molecular weight is 296 g/mol. The fourth-order valence-corrected chi connectivity index (χ4v) is 2.68. The van der Waals surface area contributed by atoms with E-state index in [1.165, 1.54) is 5.56 Å². The quantitative estimate of drug-likeness (QED) is 0.874. The largest absolute Gasteiger partial charge is 0.488 e. The van der Waals surface area contributed by atoms with Crippen molar-refractivity contribution in [1.29, 1.82) is 0 Å². The molecule has 4 nitrogen and oxygen atoms in total. The zero-order valence-electron chi connectivity index (χ0n) is 13.0. The number of carbonyl (C=O) groups excluding carboxylic acids is 1. The van der Waals surface area contributed by atoms with Gasteiger partial charge in [0.2, 0.25) is 0 Å². The van der Waals surface area contributed by atoms with Crippen LogP contribution in [-0.4, -0.2) is 35.0 Å². The van der Waals surface area contributed by atoms with Crippen molar-refractivity contribution in [3.8, 4) is 5.75 Å². The van der Waals surface area contributed by atoms with Crippen molar-refractivity contribution < 1.29 is 9.53 Å². The first-order valence-corrected chi connectivity index (χ1v) is 7.56. The molecule has 22 heavy (non-hydrogen) atoms. The molecule has 2 aromatic rings. The molecule has 4 heteroatoms. The summed E-state index contributed by atoms with van der Waals surface area (Å²) >= 11 is 0. The van der Waals surface area contributed by atoms with Gasteiger partial charge in [-0.05, 0) is 49.2 Å². The normalized spacial score (nSPS) is 17.5. The molecule has 1 unspecified atom stereocenters. The Kier molecular flexibility index (Phi) is 4.09. The van der Waals surface area contributed by atoms with E-state index in [9.17, 15) is 4.79 Å². The monoisotopic (exact) mass is 296 g/mol. The summed E-state index contributed by atoms with van der Waals surface area (Å²) in [6.07, 6.45) is 4.33. The predicted molar refractivity (Wildman–Crippen MR) is 85.1 cm³/mol. The number of likely N-dealkylation sites (tertiary alicyclic amines) is 1. The van der Waals surface area contributed by atoms with E-state index in [-0.39, 0.29) is 12.0 Å². The Bertz CT molecular complexity index is 670. The lowest BCUT2D eigenvalue weighted by Crippen LogP contribution is -2.31. The van der Waals surface area contributed by atoms with Crippen molar-refractivity contribution in [1.82, 2.24) is 9.88 Å². The van der Waals surface area contributed by atoms with Crippen LogP contribution in [0.15, 0.2) is 42.7 Å². The van der Waals surface area contributed by atoms with Crippen LogP contribution in [0.5, 0.6) is 5.75 Å². The van der Waals surface area contributed by atoms with E-state index in [1.807, 2.05) is 42.2 Å². The van der Waals surface area contributed by atoms with Crippen LogP contribution in [0.2, 0.25) is 0 Å². The predicted octanol–water partition coefficient (Wildman–Crippen LogP) is 2.99. The van der Waals surface area contributed by atoms with Gasteiger partial charge in [0.05, 0.1) is 6.54 Å². The number of nitrogens with zero attached hydrogens (tertiary/aromatic N) is 2. The summed E-state index contributed by atoms with van der Waals surface area (Å²) in [5.41, 5.74) is 3.11. The number of rotatable bonds is 3. The van der Waals surface area contributed by atoms with Gasteiger partial charge in [0.15, 0.2) is 0 Å². The van der Waals surface area contributed by atoms with Gasteiger partial charge in [0.25, 0.3) is 5.91 Å². The number of hydrogen-bond acceptors (Lipinski definition) is 3. The van der Waals surface area contributed by atoms with Gasteiger partial charge in [0, 0.05) is 30.9 Å². The molecule has 0 radical (unpaired) electrons. The Morgan fingerprint density at radius 1 is 1.18 bits per heavy atom. The molecule has 1 aromatic carbocycles. The topological polar surface area (TPSA) is 42.4 Å². The molecule has 1 saturated heterocycles. The third kappa shape index (κ3) is 3.11. The number of aromatic nitrogens is 1. The van der Waals surface area contributed by atoms with Gasteiger partial charge in [-0.25, -0.2) is 0 Å². The highest BCUT2D eigenvalue weighted by Crippen LogP contribution is 2.20. The maximum absolute atomic E-state index is 12.6. The van der Waals surface area contributed by atoms with Crippen LogP contribution in [-0.2, 0) is 0 Å². The second-order valence-electron chi connectivity index (χ2n) is 5.76. The minimum Gasteiger partial charge on any atom is -0.488 e. The molecule has 1 atom stereocenters. The van der Waals surface area contributed by atoms with E-state index in [2.05, 4.69) is 11.9 Å². The number of amides is 1. The van der Waals surface area contributed by atoms with Gasteiger partial charge in [-0.3, -0.25) is 9.78 Å². The molecule has 0 saturated carbocycles. The van der Waals surface area contributed by atoms with E-state index in [4.69, 9.17) is 4.74 Å². The lowest BCUT2D eigenvalue weighted by molar-refractivity contribution is 0.0772. The van der Waals surface area contributed by atoms with Crippen LogP contribution in [0.3, 0.4) is 0 Å². The summed E-state index contributed by atoms with van der Waals surface area (Å²) in [4.78, 5) is 18.4. The van der Waals surface area contributed by atoms with Crippen molar-refractivity contribution in [2.45, 2.75) is 26.4 Å². The molecule has 0 bridgehead atoms. The first kappa shape index (κ1) is 14.6. The summed E-state index contributed by atoms with van der Waals surface area (Å²) in [6, 6.07) is 9.56. The minimum atomic E-state index is 0.0536. The second-order valence-corrected chi connectivity index (χ2v) is 5.76. The van der Waals surface area contributed by atoms with E-state index in [0.717, 1.165) is 29.8 Å². The second kappa shape index (κ2) is 6.18. The first-order chi connectivity index (χ1) is 10.6. The molecule has 0 N–H and O–H groups in total. The third-order valence-corrected chi connectivity index (χ3v) is 4.14. The summed E-state index contributed by atoms with van der Waals surface area (Å²) in [5, 5.41) is 0. The van der Waals surface area contributed by atoms with E-state index in [1.54, 1.807) is 12.4 Å². The summed E-state index contributed by atoms with van der Waals surface area (Å²) < 4.78 is 5.90. The van der Waals surface area contributed by atoms with Gasteiger partial charge in [-0.1, -0.05) is 6.07 Å². The van der Waals surface area contributed by atoms with E-state index < -0.39 is 0 Å². The molecule has 114 valence electrons. The lowest BCUT2D eigenvalue weighted by atomic mass is 10.1. The highest BCUT2D eigenvalue weighted by atomic mass is 16.5. The highest BCUT2D eigenvalue weighted by molar-refractivity contribution is 5.94. The maximum Gasteiger partial charge on any atom is 0.253 e. The maximum atomic E-state index is 12.6. The van der Waals surface area contributed by atoms with Gasteiger partial charge >= 0.3 is 0 Å². The number of hydrogen-bond donors (Lipinski definition) is 0. The molecule has 0 spiro atoms. The lowest BCUT2D eigenvalue weighted by Gasteiger charge is -2.18. The third-order valence-electron chi connectivity index (χ3n) is 4.14. The van der Waals surface area contributed by atoms with Gasteiger partial charge in [0.1, 0.15) is 11.9 Å². The molecule has 1 aliphatic rings. The van der Waals surface area contributed by atoms with Crippen molar-refractivity contribution in [3.05, 3.63) is 59.4 Å². The van der Waals surface area contributed by atoms with E-state index in [0.29, 0.717) is 6.54 Å². The molecule has 1 amide bonds. The van der Waals surface area contributed by atoms with Crippen molar-refractivity contribution in [2.24, 2.45) is 0 Å². The fraction of sp³-hybridized carbons (Fsp3) is 0.333. The Hall–Kier alpha value is -2.36. The molecular formula is C18H20N2O2. The molecule has 2 heterocycles. The van der Waals surface area contributed by atoms with Crippen LogP contribution in [0.1, 0.15) is 27.9 Å². The molecule has 0 aliphatic carbocycles. The Balaban J connectivity index is 1.64. The number of carbonyl (C=O) groups is 1. The van der Waals surface area contributed by atoms with Crippen molar-refractivity contribution >= 4 is 5.91 Å². The van der Waals surface area contributed by atoms with Crippen LogP contribution in [0.25, 0.3) is 0 Å². The number of ether oxygens (including phenoxy) is 1. The van der Waals surface area contributed by atoms with Crippen molar-refractivity contribution in [2.75, 3.05) is 13.1 Å². The summed E-state index contributed by atoms with van der Waals surface area (Å²) in [7, 11) is 0. The molecule has 1 aromatic heterocycles. The zero-order chi connectivity index (χ0) is 15.5. The van der Waals surface area contributed by atoms with Gasteiger partial charge in [-0.2, -0.15) is 0 Å². The molecule has 1 fully saturated rings.